The number of benzene rings is 2. The normalized spacial score (nSPS) is 14.2. The van der Waals surface area contributed by atoms with Crippen LogP contribution in [-0.2, 0) is 5.41 Å². The highest BCUT2D eigenvalue weighted by Gasteiger charge is 2.43. The van der Waals surface area contributed by atoms with Crippen molar-refractivity contribution in [2.45, 2.75) is 64.7 Å². The summed E-state index contributed by atoms with van der Waals surface area (Å²) in [4.78, 5) is 12.4. The van der Waals surface area contributed by atoms with Gasteiger partial charge in [0.25, 0.3) is 0 Å². The minimum Gasteiger partial charge on any atom is -0.294 e. The molecule has 0 heterocycles. The zero-order valence-corrected chi connectivity index (χ0v) is 17.3. The van der Waals surface area contributed by atoms with Gasteiger partial charge in [0.15, 0.2) is 5.78 Å². The molecule has 0 N–H and O–H groups in total. The minimum atomic E-state index is -0.101. The van der Waals surface area contributed by atoms with Crippen LogP contribution in [0, 0.1) is 0 Å². The van der Waals surface area contributed by atoms with Crippen LogP contribution in [0.15, 0.2) is 30.3 Å². The van der Waals surface area contributed by atoms with E-state index in [4.69, 9.17) is 23.2 Å². The van der Waals surface area contributed by atoms with Gasteiger partial charge in [-0.3, -0.25) is 4.79 Å². The summed E-state index contributed by atoms with van der Waals surface area (Å²) in [5.74, 6) is 0.0615. The minimum absolute atomic E-state index is 0.0615. The third-order valence-electron chi connectivity index (χ3n) is 5.68. The van der Waals surface area contributed by atoms with Crippen LogP contribution in [0.3, 0.4) is 0 Å². The van der Waals surface area contributed by atoms with Crippen molar-refractivity contribution in [1.82, 2.24) is 0 Å². The molecule has 0 atom stereocenters. The Bertz CT molecular complexity index is 830. The molecule has 0 spiro atoms. The maximum atomic E-state index is 12.4. The van der Waals surface area contributed by atoms with Crippen LogP contribution in [0.1, 0.15) is 80.8 Å². The molecule has 0 aliphatic heterocycles. The van der Waals surface area contributed by atoms with Crippen molar-refractivity contribution >= 4 is 29.0 Å². The molecule has 1 aliphatic rings. The van der Waals surface area contributed by atoms with Crippen LogP contribution in [-0.4, -0.2) is 5.78 Å². The summed E-state index contributed by atoms with van der Waals surface area (Å²) in [5.41, 5.74) is 5.34. The summed E-state index contributed by atoms with van der Waals surface area (Å²) in [7, 11) is 0. The quantitative estimate of drug-likeness (QED) is 0.441. The van der Waals surface area contributed by atoms with E-state index in [0.29, 0.717) is 5.02 Å². The van der Waals surface area contributed by atoms with Gasteiger partial charge in [-0.15, -0.1) is 0 Å². The summed E-state index contributed by atoms with van der Waals surface area (Å²) in [5, 5.41) is 1.40. The van der Waals surface area contributed by atoms with Gasteiger partial charge in [-0.25, -0.2) is 0 Å². The molecule has 1 aliphatic carbocycles. The zero-order chi connectivity index (χ0) is 18.9. The van der Waals surface area contributed by atoms with E-state index in [-0.39, 0.29) is 11.2 Å². The van der Waals surface area contributed by atoms with Crippen molar-refractivity contribution in [2.75, 3.05) is 0 Å². The lowest BCUT2D eigenvalue weighted by atomic mass is 9.70. The number of rotatable bonds is 7. The molecule has 26 heavy (non-hydrogen) atoms. The number of ketones is 1. The maximum Gasteiger partial charge on any atom is 0.160 e. The highest BCUT2D eigenvalue weighted by Crippen LogP contribution is 2.56. The Hall–Kier alpha value is -1.31. The van der Waals surface area contributed by atoms with Gasteiger partial charge in [0.2, 0.25) is 0 Å². The van der Waals surface area contributed by atoms with E-state index in [2.05, 4.69) is 32.0 Å². The predicted octanol–water partition coefficient (Wildman–Crippen LogP) is 7.84. The molecule has 0 saturated carbocycles. The lowest BCUT2D eigenvalue weighted by molar-refractivity contribution is 0.101. The molecule has 3 heteroatoms. The molecular formula is C23H26Cl2O. The average Bonchev–Trinajstić information content (AvgIpc) is 2.87. The summed E-state index contributed by atoms with van der Waals surface area (Å²) in [6.07, 6.45) is 6.66. The van der Waals surface area contributed by atoms with E-state index < -0.39 is 0 Å². The number of Topliss-reactive ketones (excluding diaryl/α,β-unsaturated/α-hetero) is 1. The first-order valence-corrected chi connectivity index (χ1v) is 10.4. The number of hydrogen-bond acceptors (Lipinski definition) is 1. The molecule has 0 radical (unpaired) electrons. The third-order valence-corrected chi connectivity index (χ3v) is 6.13. The molecule has 0 aromatic heterocycles. The van der Waals surface area contributed by atoms with E-state index >= 15 is 0 Å². The fourth-order valence-corrected chi connectivity index (χ4v) is 4.84. The first-order valence-electron chi connectivity index (χ1n) is 9.60. The van der Waals surface area contributed by atoms with Gasteiger partial charge in [-0.2, -0.15) is 0 Å². The first kappa shape index (κ1) is 19.5. The van der Waals surface area contributed by atoms with Crippen molar-refractivity contribution in [3.63, 3.8) is 0 Å². The van der Waals surface area contributed by atoms with Crippen molar-refractivity contribution < 1.29 is 4.79 Å². The van der Waals surface area contributed by atoms with Gasteiger partial charge in [-0.05, 0) is 66.3 Å². The Labute approximate surface area is 166 Å². The monoisotopic (exact) mass is 388 g/mol. The topological polar surface area (TPSA) is 17.1 Å². The average molecular weight is 389 g/mol. The number of fused-ring (bicyclic) bond motifs is 3. The standard InChI is InChI=1S/C23H26Cl2O/c1-4-6-10-23(11-7-5-2)20-13-16(24)8-9-18(20)22-19(15(3)26)12-17(25)14-21(22)23/h8-9,12-14H,4-7,10-11H2,1-3H3. The number of halogens is 2. The smallest absolute Gasteiger partial charge is 0.160 e. The number of carbonyl (C=O) groups is 1. The Morgan fingerprint density at radius 2 is 1.54 bits per heavy atom. The van der Waals surface area contributed by atoms with Gasteiger partial charge in [0.05, 0.1) is 0 Å². The maximum absolute atomic E-state index is 12.4. The second-order valence-electron chi connectivity index (χ2n) is 7.41. The molecule has 2 aromatic carbocycles. The van der Waals surface area contributed by atoms with Gasteiger partial charge in [-0.1, -0.05) is 68.8 Å². The molecule has 0 saturated heterocycles. The van der Waals surface area contributed by atoms with E-state index in [0.717, 1.165) is 60.2 Å². The van der Waals surface area contributed by atoms with E-state index in [1.165, 1.54) is 11.1 Å². The molecular weight excluding hydrogens is 363 g/mol. The lowest BCUT2D eigenvalue weighted by Crippen LogP contribution is -2.25. The molecule has 138 valence electrons. The Morgan fingerprint density at radius 3 is 2.12 bits per heavy atom. The van der Waals surface area contributed by atoms with E-state index in [9.17, 15) is 4.79 Å². The molecule has 2 aromatic rings. The Morgan fingerprint density at radius 1 is 0.923 bits per heavy atom. The van der Waals surface area contributed by atoms with Crippen molar-refractivity contribution in [2.24, 2.45) is 0 Å². The highest BCUT2D eigenvalue weighted by atomic mass is 35.5. The molecule has 0 bridgehead atoms. The third kappa shape index (κ3) is 3.21. The number of carbonyl (C=O) groups excluding carboxylic acids is 1. The second-order valence-corrected chi connectivity index (χ2v) is 8.28. The molecule has 0 fully saturated rings. The highest BCUT2D eigenvalue weighted by molar-refractivity contribution is 6.32. The Kier molecular flexibility index (Phi) is 5.79. The van der Waals surface area contributed by atoms with Crippen LogP contribution < -0.4 is 0 Å². The molecule has 3 rings (SSSR count). The summed E-state index contributed by atoms with van der Waals surface area (Å²) >= 11 is 12.9. The van der Waals surface area contributed by atoms with Crippen LogP contribution in [0.25, 0.3) is 11.1 Å². The van der Waals surface area contributed by atoms with E-state index in [1.54, 1.807) is 6.92 Å². The largest absolute Gasteiger partial charge is 0.294 e. The number of unbranched alkanes of at least 4 members (excludes halogenated alkanes) is 2. The first-order chi connectivity index (χ1) is 12.4. The molecule has 1 nitrogen and oxygen atoms in total. The van der Waals surface area contributed by atoms with Crippen molar-refractivity contribution in [3.05, 3.63) is 57.1 Å². The summed E-state index contributed by atoms with van der Waals surface area (Å²) < 4.78 is 0. The van der Waals surface area contributed by atoms with Gasteiger partial charge >= 0.3 is 0 Å². The lowest BCUT2D eigenvalue weighted by Gasteiger charge is -2.33. The Balaban J connectivity index is 2.35. The van der Waals surface area contributed by atoms with Crippen LogP contribution in [0.4, 0.5) is 0 Å². The SMILES string of the molecule is CCCCC1(CCCC)c2cc(Cl)ccc2-c2c(C(C)=O)cc(Cl)cc21. The van der Waals surface area contributed by atoms with Gasteiger partial charge in [0, 0.05) is 21.0 Å². The number of hydrogen-bond donors (Lipinski definition) is 0. The van der Waals surface area contributed by atoms with Gasteiger partial charge < -0.3 is 0 Å². The fraction of sp³-hybridized carbons (Fsp3) is 0.435. The second kappa shape index (κ2) is 7.74. The summed E-state index contributed by atoms with van der Waals surface area (Å²) in [6, 6.07) is 10.0. The molecule has 0 amide bonds. The zero-order valence-electron chi connectivity index (χ0n) is 15.8. The van der Waals surface area contributed by atoms with E-state index in [1.807, 2.05) is 12.1 Å². The van der Waals surface area contributed by atoms with Crippen LogP contribution >= 0.6 is 23.2 Å². The van der Waals surface area contributed by atoms with Crippen molar-refractivity contribution in [1.29, 1.82) is 0 Å². The predicted molar refractivity (Wildman–Crippen MR) is 112 cm³/mol. The van der Waals surface area contributed by atoms with Gasteiger partial charge in [0.1, 0.15) is 0 Å². The molecule has 0 unspecified atom stereocenters. The fourth-order valence-electron chi connectivity index (χ4n) is 4.45. The van der Waals surface area contributed by atoms with Crippen LogP contribution in [0.2, 0.25) is 10.0 Å². The van der Waals surface area contributed by atoms with Crippen molar-refractivity contribution in [3.8, 4) is 11.1 Å². The van der Waals surface area contributed by atoms with Crippen LogP contribution in [0.5, 0.6) is 0 Å². The summed E-state index contributed by atoms with van der Waals surface area (Å²) in [6.45, 7) is 6.07.